The molecule has 1 saturated heterocycles. The third-order valence-corrected chi connectivity index (χ3v) is 4.18. The van der Waals surface area contributed by atoms with Crippen LogP contribution in [0.15, 0.2) is 47.1 Å². The van der Waals surface area contributed by atoms with Gasteiger partial charge in [-0.3, -0.25) is 14.4 Å². The van der Waals surface area contributed by atoms with Gasteiger partial charge in [-0.05, 0) is 49.2 Å². The van der Waals surface area contributed by atoms with Crippen LogP contribution in [0.3, 0.4) is 0 Å². The maximum atomic E-state index is 12.2. The van der Waals surface area contributed by atoms with Crippen LogP contribution >= 0.6 is 0 Å². The largest absolute Gasteiger partial charge is 0.459 e. The van der Waals surface area contributed by atoms with Crippen LogP contribution in [-0.2, 0) is 9.59 Å². The molecule has 26 heavy (non-hydrogen) atoms. The molecule has 0 aliphatic carbocycles. The number of likely N-dealkylation sites (tertiary alicyclic amines) is 1. The molecule has 1 aliphatic heterocycles. The van der Waals surface area contributed by atoms with Crippen molar-refractivity contribution in [3.63, 3.8) is 0 Å². The van der Waals surface area contributed by atoms with E-state index in [2.05, 4.69) is 10.6 Å². The van der Waals surface area contributed by atoms with E-state index in [0.717, 1.165) is 19.3 Å². The van der Waals surface area contributed by atoms with E-state index < -0.39 is 0 Å². The summed E-state index contributed by atoms with van der Waals surface area (Å²) in [6, 6.07) is 9.98. The van der Waals surface area contributed by atoms with Crippen molar-refractivity contribution in [2.24, 2.45) is 0 Å². The summed E-state index contributed by atoms with van der Waals surface area (Å²) in [5.41, 5.74) is 1.19. The van der Waals surface area contributed by atoms with Gasteiger partial charge in [-0.25, -0.2) is 0 Å². The Kier molecular flexibility index (Phi) is 5.68. The molecule has 0 saturated carbocycles. The molecule has 7 heteroatoms. The second-order valence-corrected chi connectivity index (χ2v) is 6.18. The number of amides is 3. The van der Waals surface area contributed by atoms with Crippen LogP contribution in [-0.4, -0.2) is 35.7 Å². The van der Waals surface area contributed by atoms with Crippen molar-refractivity contribution < 1.29 is 18.8 Å². The number of hydrogen-bond donors (Lipinski definition) is 2. The number of benzene rings is 1. The summed E-state index contributed by atoms with van der Waals surface area (Å²) in [6.07, 6.45) is 4.79. The van der Waals surface area contributed by atoms with Crippen LogP contribution in [0.2, 0.25) is 0 Å². The third-order valence-electron chi connectivity index (χ3n) is 4.18. The van der Waals surface area contributed by atoms with Crippen LogP contribution in [0.25, 0.3) is 0 Å². The molecule has 2 N–H and O–H groups in total. The van der Waals surface area contributed by atoms with Crippen LogP contribution in [0, 0.1) is 0 Å². The monoisotopic (exact) mass is 355 g/mol. The Morgan fingerprint density at radius 1 is 1.00 bits per heavy atom. The average Bonchev–Trinajstić information content (AvgIpc) is 3.09. The summed E-state index contributed by atoms with van der Waals surface area (Å²) in [5.74, 6) is -0.308. The van der Waals surface area contributed by atoms with Gasteiger partial charge < -0.3 is 20.0 Å². The SMILES string of the molecule is O=C(CN1CCCCCC1=O)Nc1ccc(NC(=O)c2ccco2)cc1. The second kappa shape index (κ2) is 8.33. The first kappa shape index (κ1) is 17.7. The topological polar surface area (TPSA) is 91.7 Å². The molecule has 136 valence electrons. The summed E-state index contributed by atoms with van der Waals surface area (Å²) < 4.78 is 5.03. The highest BCUT2D eigenvalue weighted by Gasteiger charge is 2.19. The van der Waals surface area contributed by atoms with E-state index in [0.29, 0.717) is 24.3 Å². The minimum absolute atomic E-state index is 0.0358. The predicted molar refractivity (Wildman–Crippen MR) is 96.8 cm³/mol. The fraction of sp³-hybridized carbons (Fsp3) is 0.316. The smallest absolute Gasteiger partial charge is 0.291 e. The molecule has 0 unspecified atom stereocenters. The highest BCUT2D eigenvalue weighted by atomic mass is 16.3. The molecule has 2 heterocycles. The Hall–Kier alpha value is -3.09. The molecule has 3 rings (SSSR count). The van der Waals surface area contributed by atoms with Gasteiger partial charge in [-0.15, -0.1) is 0 Å². The van der Waals surface area contributed by atoms with Crippen LogP contribution in [0.1, 0.15) is 36.2 Å². The average molecular weight is 355 g/mol. The van der Waals surface area contributed by atoms with Gasteiger partial charge in [0, 0.05) is 24.3 Å². The number of carbonyl (C=O) groups is 3. The quantitative estimate of drug-likeness (QED) is 0.863. The summed E-state index contributed by atoms with van der Waals surface area (Å²) in [4.78, 5) is 37.6. The molecule has 1 aromatic heterocycles. The van der Waals surface area contributed by atoms with Crippen LogP contribution in [0.4, 0.5) is 11.4 Å². The molecule has 2 aromatic rings. The number of carbonyl (C=O) groups excluding carboxylic acids is 3. The molecular formula is C19H21N3O4. The zero-order chi connectivity index (χ0) is 18.4. The summed E-state index contributed by atoms with van der Waals surface area (Å²) >= 11 is 0. The molecule has 1 aliphatic rings. The van der Waals surface area contributed by atoms with Crippen molar-refractivity contribution in [1.29, 1.82) is 0 Å². The fourth-order valence-electron chi connectivity index (χ4n) is 2.82. The first-order valence-electron chi connectivity index (χ1n) is 8.64. The highest BCUT2D eigenvalue weighted by molar-refractivity contribution is 6.02. The number of nitrogens with one attached hydrogen (secondary N) is 2. The van der Waals surface area contributed by atoms with Crippen LogP contribution in [0.5, 0.6) is 0 Å². The third kappa shape index (κ3) is 4.72. The van der Waals surface area contributed by atoms with Crippen molar-refractivity contribution in [3.8, 4) is 0 Å². The maximum absolute atomic E-state index is 12.2. The molecule has 0 spiro atoms. The molecule has 1 aromatic carbocycles. The summed E-state index contributed by atoms with van der Waals surface area (Å²) in [7, 11) is 0. The van der Waals surface area contributed by atoms with Gasteiger partial charge in [0.15, 0.2) is 5.76 Å². The van der Waals surface area contributed by atoms with Crippen LogP contribution < -0.4 is 10.6 Å². The first-order chi connectivity index (χ1) is 12.6. The van der Waals surface area contributed by atoms with E-state index in [4.69, 9.17) is 4.42 Å². The lowest BCUT2D eigenvalue weighted by atomic mass is 10.2. The van der Waals surface area contributed by atoms with Gasteiger partial charge in [-0.2, -0.15) is 0 Å². The van der Waals surface area contributed by atoms with Crippen molar-refractivity contribution in [3.05, 3.63) is 48.4 Å². The van der Waals surface area contributed by atoms with E-state index >= 15 is 0 Å². The minimum Gasteiger partial charge on any atom is -0.459 e. The normalized spacial score (nSPS) is 14.6. The van der Waals surface area contributed by atoms with Gasteiger partial charge in [0.1, 0.15) is 0 Å². The van der Waals surface area contributed by atoms with E-state index in [9.17, 15) is 14.4 Å². The molecule has 1 fully saturated rings. The van der Waals surface area contributed by atoms with Crippen molar-refractivity contribution in [1.82, 2.24) is 4.90 Å². The number of hydrogen-bond acceptors (Lipinski definition) is 4. The van der Waals surface area contributed by atoms with E-state index in [-0.39, 0.29) is 30.0 Å². The molecule has 0 atom stereocenters. The summed E-state index contributed by atoms with van der Waals surface area (Å²) in [6.45, 7) is 0.694. The van der Waals surface area contributed by atoms with E-state index in [1.807, 2.05) is 0 Å². The van der Waals surface area contributed by atoms with Gasteiger partial charge >= 0.3 is 0 Å². The Labute approximate surface area is 151 Å². The van der Waals surface area contributed by atoms with Crippen molar-refractivity contribution >= 4 is 29.1 Å². The lowest BCUT2D eigenvalue weighted by Crippen LogP contribution is -2.37. The lowest BCUT2D eigenvalue weighted by Gasteiger charge is -2.19. The zero-order valence-corrected chi connectivity index (χ0v) is 14.4. The molecular weight excluding hydrogens is 334 g/mol. The van der Waals surface area contributed by atoms with E-state index in [1.165, 1.54) is 6.26 Å². The number of furan rings is 1. The first-order valence-corrected chi connectivity index (χ1v) is 8.64. The molecule has 3 amide bonds. The molecule has 0 bridgehead atoms. The fourth-order valence-corrected chi connectivity index (χ4v) is 2.82. The Morgan fingerprint density at radius 3 is 2.42 bits per heavy atom. The van der Waals surface area contributed by atoms with Crippen molar-refractivity contribution in [2.75, 3.05) is 23.7 Å². The number of rotatable bonds is 5. The van der Waals surface area contributed by atoms with Gasteiger partial charge in [0.2, 0.25) is 11.8 Å². The van der Waals surface area contributed by atoms with Gasteiger partial charge in [-0.1, -0.05) is 6.42 Å². The standard InChI is InChI=1S/C19H21N3O4/c23-17(13-22-11-3-1-2-6-18(22)24)20-14-7-9-15(10-8-14)21-19(25)16-5-4-12-26-16/h4-5,7-10,12H,1-3,6,11,13H2,(H,20,23)(H,21,25). The number of nitrogens with zero attached hydrogens (tertiary/aromatic N) is 1. The number of anilines is 2. The Balaban J connectivity index is 1.52. The summed E-state index contributed by atoms with van der Waals surface area (Å²) in [5, 5.41) is 5.48. The van der Waals surface area contributed by atoms with Gasteiger partial charge in [0.05, 0.1) is 12.8 Å². The van der Waals surface area contributed by atoms with Gasteiger partial charge in [0.25, 0.3) is 5.91 Å². The molecule has 0 radical (unpaired) electrons. The minimum atomic E-state index is -0.341. The van der Waals surface area contributed by atoms with Crippen molar-refractivity contribution in [2.45, 2.75) is 25.7 Å². The maximum Gasteiger partial charge on any atom is 0.291 e. The lowest BCUT2D eigenvalue weighted by molar-refractivity contribution is -0.134. The Morgan fingerprint density at radius 2 is 1.73 bits per heavy atom. The Bertz CT molecular complexity index is 769. The highest BCUT2D eigenvalue weighted by Crippen LogP contribution is 2.16. The predicted octanol–water partition coefficient (Wildman–Crippen LogP) is 2.87. The molecule has 7 nitrogen and oxygen atoms in total. The second-order valence-electron chi connectivity index (χ2n) is 6.18. The van der Waals surface area contributed by atoms with E-state index in [1.54, 1.807) is 41.3 Å². The zero-order valence-electron chi connectivity index (χ0n) is 14.4.